The standard InChI is InChI=1S/C31H35FN4O4S/c1-5-6-7-8-9-18-39-29(37)21-10-16-27-28(19-21)41-31(2,33-27)30(38)40-24-15-17-26(25(32)20-24)35-34-22-11-13-23(14-12-22)36(3)4/h10-17,19-20,33H,5-9,18H2,1-4H3/b35-34+. The topological polar surface area (TPSA) is 92.6 Å². The molecule has 3 aromatic carbocycles. The van der Waals surface area contributed by atoms with Gasteiger partial charge < -0.3 is 19.7 Å². The minimum absolute atomic E-state index is 0.0221. The van der Waals surface area contributed by atoms with E-state index in [1.54, 1.807) is 37.3 Å². The Balaban J connectivity index is 1.34. The van der Waals surface area contributed by atoms with Crippen LogP contribution in [-0.2, 0) is 9.53 Å². The Morgan fingerprint density at radius 3 is 2.44 bits per heavy atom. The molecule has 216 valence electrons. The molecule has 3 aromatic rings. The summed E-state index contributed by atoms with van der Waals surface area (Å²) >= 11 is 1.23. The highest BCUT2D eigenvalue weighted by molar-refractivity contribution is 8.02. The number of rotatable bonds is 12. The van der Waals surface area contributed by atoms with Crippen LogP contribution in [0.3, 0.4) is 0 Å². The average molecular weight is 579 g/mol. The number of azo groups is 1. The van der Waals surface area contributed by atoms with Crippen molar-refractivity contribution in [3.8, 4) is 5.75 Å². The minimum atomic E-state index is -1.17. The van der Waals surface area contributed by atoms with Gasteiger partial charge in [0.25, 0.3) is 0 Å². The number of nitrogens with one attached hydrogen (secondary N) is 1. The second kappa shape index (κ2) is 13.6. The molecule has 0 bridgehead atoms. The molecule has 0 fully saturated rings. The van der Waals surface area contributed by atoms with Crippen molar-refractivity contribution in [1.82, 2.24) is 0 Å². The molecule has 0 aromatic heterocycles. The van der Waals surface area contributed by atoms with Gasteiger partial charge in [-0.05, 0) is 67.9 Å². The molecule has 0 aliphatic carbocycles. The van der Waals surface area contributed by atoms with Gasteiger partial charge in [-0.15, -0.1) is 5.11 Å². The van der Waals surface area contributed by atoms with Crippen molar-refractivity contribution < 1.29 is 23.5 Å². The van der Waals surface area contributed by atoms with Gasteiger partial charge in [0.1, 0.15) is 11.4 Å². The lowest BCUT2D eigenvalue weighted by Gasteiger charge is -2.21. The molecule has 1 N–H and O–H groups in total. The van der Waals surface area contributed by atoms with Crippen LogP contribution in [0.25, 0.3) is 0 Å². The zero-order valence-electron chi connectivity index (χ0n) is 23.8. The minimum Gasteiger partial charge on any atom is -0.462 e. The molecule has 4 rings (SSSR count). The number of halogens is 1. The van der Waals surface area contributed by atoms with Crippen molar-refractivity contribution in [3.63, 3.8) is 0 Å². The van der Waals surface area contributed by atoms with E-state index in [2.05, 4.69) is 22.5 Å². The fraction of sp³-hybridized carbons (Fsp3) is 0.355. The van der Waals surface area contributed by atoms with Crippen LogP contribution in [0, 0.1) is 5.82 Å². The van der Waals surface area contributed by atoms with Crippen LogP contribution in [0.15, 0.2) is 75.8 Å². The van der Waals surface area contributed by atoms with Gasteiger partial charge >= 0.3 is 11.9 Å². The van der Waals surface area contributed by atoms with E-state index in [9.17, 15) is 14.0 Å². The monoisotopic (exact) mass is 578 g/mol. The molecule has 10 heteroatoms. The van der Waals surface area contributed by atoms with Crippen LogP contribution in [0.4, 0.5) is 27.1 Å². The molecule has 0 radical (unpaired) electrons. The van der Waals surface area contributed by atoms with Crippen molar-refractivity contribution in [2.24, 2.45) is 10.2 Å². The van der Waals surface area contributed by atoms with Gasteiger partial charge in [-0.2, -0.15) is 5.11 Å². The molecule has 1 unspecified atom stereocenters. The molecule has 0 saturated carbocycles. The van der Waals surface area contributed by atoms with Gasteiger partial charge in [-0.25, -0.2) is 14.0 Å². The number of carbonyl (C=O) groups excluding carboxylic acids is 2. The van der Waals surface area contributed by atoms with E-state index in [0.717, 1.165) is 42.3 Å². The maximum atomic E-state index is 14.7. The number of nitrogens with zero attached hydrogens (tertiary/aromatic N) is 3. The van der Waals surface area contributed by atoms with Crippen LogP contribution in [0.1, 0.15) is 56.3 Å². The summed E-state index contributed by atoms with van der Waals surface area (Å²) in [5.41, 5.74) is 2.74. The van der Waals surface area contributed by atoms with Gasteiger partial charge in [-0.1, -0.05) is 44.4 Å². The van der Waals surface area contributed by atoms with Crippen LogP contribution in [-0.4, -0.2) is 37.5 Å². The van der Waals surface area contributed by atoms with Gasteiger partial charge in [-0.3, -0.25) is 0 Å². The van der Waals surface area contributed by atoms with Crippen molar-refractivity contribution in [2.45, 2.75) is 55.7 Å². The summed E-state index contributed by atoms with van der Waals surface area (Å²) in [5, 5.41) is 11.2. The van der Waals surface area contributed by atoms with Crippen LogP contribution in [0.5, 0.6) is 5.75 Å². The maximum Gasteiger partial charge on any atom is 0.347 e. The van der Waals surface area contributed by atoms with Gasteiger partial charge in [0.05, 0.1) is 17.9 Å². The van der Waals surface area contributed by atoms with Crippen molar-refractivity contribution in [2.75, 3.05) is 30.9 Å². The number of hydrogen-bond donors (Lipinski definition) is 1. The summed E-state index contributed by atoms with van der Waals surface area (Å²) in [7, 11) is 3.87. The summed E-state index contributed by atoms with van der Waals surface area (Å²) in [6, 6.07) is 16.5. The lowest BCUT2D eigenvalue weighted by molar-refractivity contribution is -0.135. The second-order valence-electron chi connectivity index (χ2n) is 10.1. The number of unbranched alkanes of at least 4 members (excludes halogenated alkanes) is 4. The molecular formula is C31H35FN4O4S. The zero-order valence-corrected chi connectivity index (χ0v) is 24.6. The molecule has 0 spiro atoms. The first-order chi connectivity index (χ1) is 19.7. The third-order valence-electron chi connectivity index (χ3n) is 6.54. The molecule has 41 heavy (non-hydrogen) atoms. The molecule has 8 nitrogen and oxygen atoms in total. The predicted octanol–water partition coefficient (Wildman–Crippen LogP) is 8.27. The Morgan fingerprint density at radius 2 is 1.73 bits per heavy atom. The molecular weight excluding hydrogens is 543 g/mol. The number of esters is 2. The highest BCUT2D eigenvalue weighted by atomic mass is 32.2. The fourth-order valence-corrected chi connectivity index (χ4v) is 5.29. The first-order valence-corrected chi connectivity index (χ1v) is 14.5. The van der Waals surface area contributed by atoms with E-state index >= 15 is 0 Å². The van der Waals surface area contributed by atoms with Gasteiger partial charge in [0, 0.05) is 36.4 Å². The summed E-state index contributed by atoms with van der Waals surface area (Å²) in [4.78, 5) is 27.1. The number of thioether (sulfide) groups is 1. The van der Waals surface area contributed by atoms with Crippen molar-refractivity contribution in [3.05, 3.63) is 72.0 Å². The average Bonchev–Trinajstić information content (AvgIpc) is 3.31. The van der Waals surface area contributed by atoms with E-state index in [0.29, 0.717) is 23.5 Å². The Labute approximate surface area is 244 Å². The molecule has 1 aliphatic rings. The van der Waals surface area contributed by atoms with E-state index < -0.39 is 22.6 Å². The SMILES string of the molecule is CCCCCCCOC(=O)c1ccc2c(c1)SC(C)(C(=O)Oc1ccc(/N=N/c3ccc(N(C)C)cc3)c(F)c1)N2. The normalized spacial score (nSPS) is 15.8. The van der Waals surface area contributed by atoms with Crippen molar-refractivity contribution in [1.29, 1.82) is 0 Å². The van der Waals surface area contributed by atoms with Crippen LogP contribution < -0.4 is 15.0 Å². The third kappa shape index (κ3) is 7.85. The summed E-state index contributed by atoms with van der Waals surface area (Å²) in [6.07, 6.45) is 5.36. The lowest BCUT2D eigenvalue weighted by Crippen LogP contribution is -2.40. The van der Waals surface area contributed by atoms with Gasteiger partial charge in [0.2, 0.25) is 0 Å². The second-order valence-corrected chi connectivity index (χ2v) is 11.6. The van der Waals surface area contributed by atoms with E-state index in [1.165, 1.54) is 30.3 Å². The maximum absolute atomic E-state index is 14.7. The number of hydrogen-bond acceptors (Lipinski definition) is 9. The summed E-state index contributed by atoms with van der Waals surface area (Å²) < 4.78 is 25.6. The van der Waals surface area contributed by atoms with E-state index in [-0.39, 0.29) is 11.4 Å². The van der Waals surface area contributed by atoms with E-state index in [4.69, 9.17) is 9.47 Å². The number of ether oxygens (including phenoxy) is 2. The Hall–Kier alpha value is -3.92. The molecule has 1 aliphatic heterocycles. The number of anilines is 2. The zero-order chi connectivity index (χ0) is 29.4. The van der Waals surface area contributed by atoms with Gasteiger partial charge in [0.15, 0.2) is 10.7 Å². The molecule has 0 saturated heterocycles. The largest absolute Gasteiger partial charge is 0.462 e. The first kappa shape index (κ1) is 30.0. The summed E-state index contributed by atoms with van der Waals surface area (Å²) in [5.74, 6) is -1.62. The van der Waals surface area contributed by atoms with Crippen LogP contribution >= 0.6 is 11.8 Å². The lowest BCUT2D eigenvalue weighted by atomic mass is 10.1. The quantitative estimate of drug-likeness (QED) is 0.100. The Bertz CT molecular complexity index is 1410. The number of fused-ring (bicyclic) bond motifs is 1. The van der Waals surface area contributed by atoms with Crippen molar-refractivity contribution >= 4 is 46.5 Å². The molecule has 1 atom stereocenters. The highest BCUT2D eigenvalue weighted by Crippen LogP contribution is 2.46. The van der Waals surface area contributed by atoms with E-state index in [1.807, 2.05) is 31.1 Å². The first-order valence-electron chi connectivity index (χ1n) is 13.7. The third-order valence-corrected chi connectivity index (χ3v) is 7.78. The Morgan fingerprint density at radius 1 is 0.976 bits per heavy atom. The smallest absolute Gasteiger partial charge is 0.347 e. The Kier molecular flexibility index (Phi) is 9.99. The fourth-order valence-electron chi connectivity index (χ4n) is 4.15. The number of benzene rings is 3. The van der Waals surface area contributed by atoms with Crippen LogP contribution in [0.2, 0.25) is 0 Å². The predicted molar refractivity (Wildman–Crippen MR) is 160 cm³/mol. The number of carbonyl (C=O) groups is 2. The highest BCUT2D eigenvalue weighted by Gasteiger charge is 2.42. The summed E-state index contributed by atoms with van der Waals surface area (Å²) in [6.45, 7) is 4.22. The molecule has 0 amide bonds. The molecule has 1 heterocycles.